The van der Waals surface area contributed by atoms with E-state index < -0.39 is 0 Å². The molecule has 96 valence electrons. The van der Waals surface area contributed by atoms with Crippen LogP contribution in [0.1, 0.15) is 19.1 Å². The summed E-state index contributed by atoms with van der Waals surface area (Å²) in [7, 11) is 0. The van der Waals surface area contributed by atoms with Gasteiger partial charge in [-0.15, -0.1) is 0 Å². The highest BCUT2D eigenvalue weighted by atomic mass is 16.5. The van der Waals surface area contributed by atoms with Gasteiger partial charge >= 0.3 is 0 Å². The summed E-state index contributed by atoms with van der Waals surface area (Å²) < 4.78 is 16.1. The molecule has 18 heavy (non-hydrogen) atoms. The first-order valence-corrected chi connectivity index (χ1v) is 5.84. The van der Waals surface area contributed by atoms with Crippen LogP contribution in [0.4, 0.5) is 5.69 Å². The standard InChI is InChI=1S/C13H16N2O3/c1-2-7-17-13-11(14)5-6-12(15-13)18-9-10-4-3-8-16-10/h3-6,8H,2,7,9,14H2,1H3. The van der Waals surface area contributed by atoms with Gasteiger partial charge in [0.15, 0.2) is 0 Å². The molecule has 0 aromatic carbocycles. The van der Waals surface area contributed by atoms with Crippen molar-refractivity contribution in [1.29, 1.82) is 0 Å². The zero-order valence-corrected chi connectivity index (χ0v) is 10.3. The number of rotatable bonds is 6. The van der Waals surface area contributed by atoms with E-state index in [0.29, 0.717) is 30.7 Å². The molecule has 0 saturated heterocycles. The maximum absolute atomic E-state index is 5.76. The quantitative estimate of drug-likeness (QED) is 0.850. The normalized spacial score (nSPS) is 10.3. The van der Waals surface area contributed by atoms with Gasteiger partial charge in [-0.2, -0.15) is 4.98 Å². The second-order valence-corrected chi connectivity index (χ2v) is 3.76. The highest BCUT2D eigenvalue weighted by Gasteiger charge is 2.06. The maximum Gasteiger partial charge on any atom is 0.240 e. The molecule has 0 aliphatic rings. The Morgan fingerprint density at radius 3 is 2.89 bits per heavy atom. The van der Waals surface area contributed by atoms with Crippen LogP contribution in [0, 0.1) is 0 Å². The predicted molar refractivity (Wildman–Crippen MR) is 67.5 cm³/mol. The van der Waals surface area contributed by atoms with Gasteiger partial charge in [-0.3, -0.25) is 0 Å². The van der Waals surface area contributed by atoms with Gasteiger partial charge in [0.05, 0.1) is 18.6 Å². The van der Waals surface area contributed by atoms with Crippen LogP contribution in [-0.2, 0) is 6.61 Å². The number of nitrogen functional groups attached to an aromatic ring is 1. The molecule has 0 radical (unpaired) electrons. The zero-order valence-electron chi connectivity index (χ0n) is 10.3. The van der Waals surface area contributed by atoms with Gasteiger partial charge in [-0.1, -0.05) is 6.92 Å². The molecule has 0 amide bonds. The third kappa shape index (κ3) is 3.16. The highest BCUT2D eigenvalue weighted by molar-refractivity contribution is 5.49. The Labute approximate surface area is 106 Å². The molecule has 2 aromatic heterocycles. The van der Waals surface area contributed by atoms with Gasteiger partial charge in [-0.05, 0) is 24.6 Å². The van der Waals surface area contributed by atoms with E-state index in [9.17, 15) is 0 Å². The molecule has 0 aliphatic carbocycles. The molecule has 0 aliphatic heterocycles. The predicted octanol–water partition coefficient (Wildman–Crippen LogP) is 2.62. The third-order valence-electron chi connectivity index (χ3n) is 2.25. The average Bonchev–Trinajstić information content (AvgIpc) is 2.89. The van der Waals surface area contributed by atoms with Crippen molar-refractivity contribution < 1.29 is 13.9 Å². The monoisotopic (exact) mass is 248 g/mol. The summed E-state index contributed by atoms with van der Waals surface area (Å²) >= 11 is 0. The minimum Gasteiger partial charge on any atom is -0.476 e. The van der Waals surface area contributed by atoms with E-state index in [0.717, 1.165) is 12.2 Å². The molecule has 2 heterocycles. The summed E-state index contributed by atoms with van der Waals surface area (Å²) in [6.07, 6.45) is 2.50. The topological polar surface area (TPSA) is 70.5 Å². The van der Waals surface area contributed by atoms with Crippen molar-refractivity contribution >= 4 is 5.69 Å². The van der Waals surface area contributed by atoms with Gasteiger partial charge in [0, 0.05) is 6.07 Å². The third-order valence-corrected chi connectivity index (χ3v) is 2.25. The molecule has 0 bridgehead atoms. The molecule has 0 spiro atoms. The van der Waals surface area contributed by atoms with Gasteiger partial charge in [0.25, 0.3) is 0 Å². The molecule has 2 rings (SSSR count). The first-order valence-electron chi connectivity index (χ1n) is 5.84. The number of aromatic nitrogens is 1. The fourth-order valence-corrected chi connectivity index (χ4v) is 1.37. The van der Waals surface area contributed by atoms with Gasteiger partial charge < -0.3 is 19.6 Å². The molecule has 2 N–H and O–H groups in total. The Balaban J connectivity index is 2.00. The van der Waals surface area contributed by atoms with E-state index in [4.69, 9.17) is 19.6 Å². The summed E-state index contributed by atoms with van der Waals surface area (Å²) in [6, 6.07) is 7.07. The number of ether oxygens (including phenoxy) is 2. The molecule has 0 unspecified atom stereocenters. The van der Waals surface area contributed by atoms with Crippen LogP contribution in [0.5, 0.6) is 11.8 Å². The minimum absolute atomic E-state index is 0.330. The second-order valence-electron chi connectivity index (χ2n) is 3.76. The number of hydrogen-bond acceptors (Lipinski definition) is 5. The van der Waals surface area contributed by atoms with Crippen LogP contribution >= 0.6 is 0 Å². The van der Waals surface area contributed by atoms with Crippen molar-refractivity contribution in [1.82, 2.24) is 4.98 Å². The smallest absolute Gasteiger partial charge is 0.240 e. The number of pyridine rings is 1. The summed E-state index contributed by atoms with van der Waals surface area (Å²) in [5.41, 5.74) is 6.27. The van der Waals surface area contributed by atoms with E-state index in [1.165, 1.54) is 0 Å². The number of nitrogens with zero attached hydrogens (tertiary/aromatic N) is 1. The first-order chi connectivity index (χ1) is 8.79. The van der Waals surface area contributed by atoms with E-state index in [-0.39, 0.29) is 0 Å². The average molecular weight is 248 g/mol. The number of hydrogen-bond donors (Lipinski definition) is 1. The summed E-state index contributed by atoms with van der Waals surface area (Å²) in [5.74, 6) is 1.62. The Morgan fingerprint density at radius 1 is 1.28 bits per heavy atom. The Kier molecular flexibility index (Phi) is 4.06. The van der Waals surface area contributed by atoms with Gasteiger partial charge in [0.2, 0.25) is 11.8 Å². The lowest BCUT2D eigenvalue weighted by Crippen LogP contribution is -2.03. The summed E-state index contributed by atoms with van der Waals surface area (Å²) in [5, 5.41) is 0. The van der Waals surface area contributed by atoms with Crippen LogP contribution < -0.4 is 15.2 Å². The van der Waals surface area contributed by atoms with Gasteiger partial charge in [0.1, 0.15) is 12.4 Å². The summed E-state index contributed by atoms with van der Waals surface area (Å²) in [4.78, 5) is 4.20. The van der Waals surface area contributed by atoms with Crippen LogP contribution in [0.15, 0.2) is 34.9 Å². The largest absolute Gasteiger partial charge is 0.476 e. The van der Waals surface area contributed by atoms with Crippen LogP contribution in [0.25, 0.3) is 0 Å². The fraction of sp³-hybridized carbons (Fsp3) is 0.308. The Bertz CT molecular complexity index is 483. The van der Waals surface area contributed by atoms with E-state index in [1.54, 1.807) is 18.4 Å². The lowest BCUT2D eigenvalue weighted by atomic mass is 10.4. The van der Waals surface area contributed by atoms with Crippen molar-refractivity contribution in [3.8, 4) is 11.8 Å². The fourth-order valence-electron chi connectivity index (χ4n) is 1.37. The SMILES string of the molecule is CCCOc1nc(OCc2ccco2)ccc1N. The van der Waals surface area contributed by atoms with Crippen molar-refractivity contribution in [3.05, 3.63) is 36.3 Å². The highest BCUT2D eigenvalue weighted by Crippen LogP contribution is 2.22. The Morgan fingerprint density at radius 2 is 2.17 bits per heavy atom. The molecular weight excluding hydrogens is 232 g/mol. The molecule has 5 nitrogen and oxygen atoms in total. The zero-order chi connectivity index (χ0) is 12.8. The maximum atomic E-state index is 5.76. The lowest BCUT2D eigenvalue weighted by Gasteiger charge is -2.09. The van der Waals surface area contributed by atoms with Crippen LogP contribution in [0.3, 0.4) is 0 Å². The minimum atomic E-state index is 0.330. The molecular formula is C13H16N2O3. The number of nitrogens with two attached hydrogens (primary N) is 1. The van der Waals surface area contributed by atoms with Crippen LogP contribution in [0.2, 0.25) is 0 Å². The van der Waals surface area contributed by atoms with E-state index >= 15 is 0 Å². The number of furan rings is 1. The Hall–Kier alpha value is -2.17. The molecule has 5 heteroatoms. The van der Waals surface area contributed by atoms with E-state index in [2.05, 4.69) is 4.98 Å². The van der Waals surface area contributed by atoms with Crippen molar-refractivity contribution in [3.63, 3.8) is 0 Å². The second kappa shape index (κ2) is 5.95. The molecule has 2 aromatic rings. The molecule has 0 fully saturated rings. The molecule has 0 saturated carbocycles. The summed E-state index contributed by atoms with van der Waals surface area (Å²) in [6.45, 7) is 2.93. The lowest BCUT2D eigenvalue weighted by molar-refractivity contribution is 0.251. The van der Waals surface area contributed by atoms with E-state index in [1.807, 2.05) is 19.1 Å². The van der Waals surface area contributed by atoms with Crippen molar-refractivity contribution in [2.45, 2.75) is 20.0 Å². The first kappa shape index (κ1) is 12.3. The van der Waals surface area contributed by atoms with Crippen molar-refractivity contribution in [2.75, 3.05) is 12.3 Å². The van der Waals surface area contributed by atoms with Gasteiger partial charge in [-0.25, -0.2) is 0 Å². The van der Waals surface area contributed by atoms with Crippen LogP contribution in [-0.4, -0.2) is 11.6 Å². The number of anilines is 1. The molecule has 0 atom stereocenters. The van der Waals surface area contributed by atoms with Crippen molar-refractivity contribution in [2.24, 2.45) is 0 Å².